The van der Waals surface area contributed by atoms with Crippen molar-refractivity contribution in [2.24, 2.45) is 11.7 Å². The number of rotatable bonds is 8. The SMILES string of the molecule is CCCCCCC/C=C/[C@@H]1OC[C@H](C)[C@@H](OC)[C@H]1N. The topological polar surface area (TPSA) is 44.5 Å². The molecule has 0 aromatic carbocycles. The van der Waals surface area contributed by atoms with Crippen molar-refractivity contribution in [3.05, 3.63) is 12.2 Å². The van der Waals surface area contributed by atoms with Crippen molar-refractivity contribution in [1.82, 2.24) is 0 Å². The molecule has 0 amide bonds. The molecule has 1 rings (SSSR count). The van der Waals surface area contributed by atoms with E-state index in [-0.39, 0.29) is 18.2 Å². The van der Waals surface area contributed by atoms with E-state index in [1.165, 1.54) is 32.1 Å². The van der Waals surface area contributed by atoms with Crippen LogP contribution in [-0.4, -0.2) is 32.0 Å². The second-order valence-corrected chi connectivity index (χ2v) is 5.68. The van der Waals surface area contributed by atoms with Crippen LogP contribution in [-0.2, 0) is 9.47 Å². The van der Waals surface area contributed by atoms with Gasteiger partial charge < -0.3 is 15.2 Å². The zero-order valence-electron chi connectivity index (χ0n) is 12.8. The van der Waals surface area contributed by atoms with E-state index in [1.807, 2.05) is 0 Å². The van der Waals surface area contributed by atoms with Crippen molar-refractivity contribution < 1.29 is 9.47 Å². The Morgan fingerprint density at radius 3 is 2.68 bits per heavy atom. The number of allylic oxidation sites excluding steroid dienone is 1. The lowest BCUT2D eigenvalue weighted by molar-refractivity contribution is -0.0899. The van der Waals surface area contributed by atoms with Crippen LogP contribution in [0.2, 0.25) is 0 Å². The third-order valence-corrected chi connectivity index (χ3v) is 3.94. The van der Waals surface area contributed by atoms with Crippen molar-refractivity contribution in [3.8, 4) is 0 Å². The summed E-state index contributed by atoms with van der Waals surface area (Å²) in [4.78, 5) is 0. The summed E-state index contributed by atoms with van der Waals surface area (Å²) >= 11 is 0. The minimum atomic E-state index is -0.0508. The summed E-state index contributed by atoms with van der Waals surface area (Å²) in [6, 6.07) is -0.0508. The Morgan fingerprint density at radius 1 is 1.26 bits per heavy atom. The lowest BCUT2D eigenvalue weighted by Crippen LogP contribution is -2.54. The normalized spacial score (nSPS) is 32.0. The lowest BCUT2D eigenvalue weighted by atomic mass is 9.91. The minimum Gasteiger partial charge on any atom is -0.379 e. The number of ether oxygens (including phenoxy) is 2. The third kappa shape index (κ3) is 5.64. The molecular formula is C16H31NO2. The molecule has 0 bridgehead atoms. The standard InChI is InChI=1S/C16H31NO2/c1-4-5-6-7-8-9-10-11-14-15(17)16(18-3)13(2)12-19-14/h10-11,13-16H,4-9,12,17H2,1-3H3/b11-10+/t13-,14-,15-,16+/m0/s1. The second kappa shape index (κ2) is 9.51. The maximum atomic E-state index is 6.20. The number of hydrogen-bond donors (Lipinski definition) is 1. The summed E-state index contributed by atoms with van der Waals surface area (Å²) in [5.74, 6) is 0.374. The summed E-state index contributed by atoms with van der Waals surface area (Å²) in [6.07, 6.45) is 12.2. The van der Waals surface area contributed by atoms with Crippen molar-refractivity contribution in [3.63, 3.8) is 0 Å². The predicted molar refractivity (Wildman–Crippen MR) is 80.2 cm³/mol. The molecule has 0 saturated carbocycles. The fourth-order valence-electron chi connectivity index (χ4n) is 2.70. The average Bonchev–Trinajstić information content (AvgIpc) is 2.40. The molecule has 3 heteroatoms. The molecule has 1 aliphatic heterocycles. The molecule has 19 heavy (non-hydrogen) atoms. The van der Waals surface area contributed by atoms with Crippen LogP contribution in [0.3, 0.4) is 0 Å². The van der Waals surface area contributed by atoms with Crippen LogP contribution in [0, 0.1) is 5.92 Å². The van der Waals surface area contributed by atoms with Gasteiger partial charge in [-0.1, -0.05) is 51.7 Å². The van der Waals surface area contributed by atoms with E-state index < -0.39 is 0 Å². The first-order valence-corrected chi connectivity index (χ1v) is 7.77. The molecule has 0 spiro atoms. The van der Waals surface area contributed by atoms with Gasteiger partial charge in [-0.05, 0) is 12.8 Å². The Labute approximate surface area is 118 Å². The van der Waals surface area contributed by atoms with Crippen LogP contribution >= 0.6 is 0 Å². The smallest absolute Gasteiger partial charge is 0.0932 e. The first kappa shape index (κ1) is 16.7. The van der Waals surface area contributed by atoms with Crippen molar-refractivity contribution in [2.45, 2.75) is 70.6 Å². The van der Waals surface area contributed by atoms with E-state index >= 15 is 0 Å². The van der Waals surface area contributed by atoms with Crippen LogP contribution in [0.4, 0.5) is 0 Å². The molecule has 0 aromatic rings. The highest BCUT2D eigenvalue weighted by atomic mass is 16.5. The van der Waals surface area contributed by atoms with Gasteiger partial charge in [0.2, 0.25) is 0 Å². The van der Waals surface area contributed by atoms with Gasteiger partial charge in [-0.3, -0.25) is 0 Å². The van der Waals surface area contributed by atoms with E-state index in [2.05, 4.69) is 26.0 Å². The van der Waals surface area contributed by atoms with Gasteiger partial charge in [-0.15, -0.1) is 0 Å². The van der Waals surface area contributed by atoms with Crippen LogP contribution < -0.4 is 5.73 Å². The number of nitrogens with two attached hydrogens (primary N) is 1. The first-order valence-electron chi connectivity index (χ1n) is 7.77. The highest BCUT2D eigenvalue weighted by Crippen LogP contribution is 2.22. The quantitative estimate of drug-likeness (QED) is 0.543. The lowest BCUT2D eigenvalue weighted by Gasteiger charge is -2.37. The van der Waals surface area contributed by atoms with Gasteiger partial charge in [-0.2, -0.15) is 0 Å². The Balaban J connectivity index is 2.24. The monoisotopic (exact) mass is 269 g/mol. The Morgan fingerprint density at radius 2 is 2.00 bits per heavy atom. The van der Waals surface area contributed by atoms with E-state index in [0.29, 0.717) is 5.92 Å². The van der Waals surface area contributed by atoms with Crippen molar-refractivity contribution in [1.29, 1.82) is 0 Å². The van der Waals surface area contributed by atoms with Gasteiger partial charge >= 0.3 is 0 Å². The summed E-state index contributed by atoms with van der Waals surface area (Å²) in [6.45, 7) is 5.11. The zero-order valence-corrected chi connectivity index (χ0v) is 12.8. The molecule has 0 radical (unpaired) electrons. The first-order chi connectivity index (χ1) is 9.20. The molecular weight excluding hydrogens is 238 g/mol. The fourth-order valence-corrected chi connectivity index (χ4v) is 2.70. The highest BCUT2D eigenvalue weighted by molar-refractivity contribution is 5.01. The molecule has 0 aliphatic carbocycles. The zero-order chi connectivity index (χ0) is 14.1. The average molecular weight is 269 g/mol. The summed E-state index contributed by atoms with van der Waals surface area (Å²) < 4.78 is 11.3. The van der Waals surface area contributed by atoms with Crippen LogP contribution in [0.1, 0.15) is 52.4 Å². The molecule has 0 unspecified atom stereocenters. The number of methoxy groups -OCH3 is 1. The largest absolute Gasteiger partial charge is 0.379 e. The van der Waals surface area contributed by atoms with E-state index in [4.69, 9.17) is 15.2 Å². The maximum absolute atomic E-state index is 6.20. The van der Waals surface area contributed by atoms with Crippen LogP contribution in [0.5, 0.6) is 0 Å². The minimum absolute atomic E-state index is 0.0109. The van der Waals surface area contributed by atoms with Crippen LogP contribution in [0.15, 0.2) is 12.2 Å². The Bertz CT molecular complexity index is 255. The Hall–Kier alpha value is -0.380. The van der Waals surface area contributed by atoms with Gasteiger partial charge in [-0.25, -0.2) is 0 Å². The van der Waals surface area contributed by atoms with E-state index in [1.54, 1.807) is 7.11 Å². The fraction of sp³-hybridized carbons (Fsp3) is 0.875. The third-order valence-electron chi connectivity index (χ3n) is 3.94. The molecule has 112 valence electrons. The molecule has 1 fully saturated rings. The molecule has 3 nitrogen and oxygen atoms in total. The Kier molecular flexibility index (Phi) is 8.35. The van der Waals surface area contributed by atoms with Gasteiger partial charge in [0.25, 0.3) is 0 Å². The van der Waals surface area contributed by atoms with E-state index in [0.717, 1.165) is 13.0 Å². The molecule has 1 aliphatic rings. The molecule has 1 heterocycles. The molecule has 2 N–H and O–H groups in total. The summed E-state index contributed by atoms with van der Waals surface area (Å²) in [5, 5.41) is 0. The van der Waals surface area contributed by atoms with Crippen molar-refractivity contribution in [2.75, 3.05) is 13.7 Å². The number of unbranched alkanes of at least 4 members (excludes halogenated alkanes) is 5. The number of hydrogen-bond acceptors (Lipinski definition) is 3. The van der Waals surface area contributed by atoms with Gasteiger partial charge in [0.1, 0.15) is 0 Å². The van der Waals surface area contributed by atoms with Gasteiger partial charge in [0, 0.05) is 13.0 Å². The molecule has 4 atom stereocenters. The molecule has 1 saturated heterocycles. The summed E-state index contributed by atoms with van der Waals surface area (Å²) in [5.41, 5.74) is 6.20. The van der Waals surface area contributed by atoms with Gasteiger partial charge in [0.05, 0.1) is 24.9 Å². The highest BCUT2D eigenvalue weighted by Gasteiger charge is 2.34. The van der Waals surface area contributed by atoms with Crippen LogP contribution in [0.25, 0.3) is 0 Å². The maximum Gasteiger partial charge on any atom is 0.0932 e. The van der Waals surface area contributed by atoms with Gasteiger partial charge in [0.15, 0.2) is 0 Å². The van der Waals surface area contributed by atoms with Crippen molar-refractivity contribution >= 4 is 0 Å². The van der Waals surface area contributed by atoms with E-state index in [9.17, 15) is 0 Å². The molecule has 0 aromatic heterocycles. The summed E-state index contributed by atoms with van der Waals surface area (Å²) in [7, 11) is 1.74. The predicted octanol–water partition coefficient (Wildman–Crippen LogP) is 3.28. The second-order valence-electron chi connectivity index (χ2n) is 5.68.